The van der Waals surface area contributed by atoms with Crippen molar-refractivity contribution in [1.29, 1.82) is 0 Å². The number of likely N-dealkylation sites (tertiary alicyclic amines) is 1. The smallest absolute Gasteiger partial charge is 0.263 e. The zero-order chi connectivity index (χ0) is 93.1. The maximum Gasteiger partial charge on any atom is 0.263 e. The van der Waals surface area contributed by atoms with Gasteiger partial charge in [0.1, 0.15) is 34.2 Å². The fourth-order valence-electron chi connectivity index (χ4n) is 19.4. The van der Waals surface area contributed by atoms with Crippen LogP contribution in [0.1, 0.15) is 111 Å². The number of nitrogens with two attached hydrogens (primary N) is 4. The van der Waals surface area contributed by atoms with E-state index in [2.05, 4.69) is 146 Å². The fraction of sp³-hybridized carbons (Fsp3) is 0.386. The van der Waals surface area contributed by atoms with Crippen molar-refractivity contribution in [2.75, 3.05) is 167 Å². The molecule has 0 aromatic carbocycles. The number of nitrogens with zero attached hydrogens (tertiary/aromatic N) is 28. The SMILES string of the molecule is Nc1nn2cc(Cl)cnc2c1C(=O)Nc1cnccc1N1CCC(N2CCS(=O)CC2)CC1.Nc1nn2cc(Cl)cnc2c1C(=O)Nc1cnccc1N1CCC(N2CC[C@H](F)C2)CC1.Nc1nn2cc(Cl)cnc2c1C(=O)Nc1cnccc1N1CCC(N2CCn3ccnc3C2)CC1.Nc1nn2cc(Cl)cnc2c1C(=O)Nc1cnccc1N1CCC(N2CCn3cncc3C2)CC1. The Hall–Kier alpha value is -13.1. The first-order valence-corrected chi connectivity index (χ1v) is 47.7. The van der Waals surface area contributed by atoms with Crippen molar-refractivity contribution in [3.05, 3.63) is 202 Å². The van der Waals surface area contributed by atoms with Crippen LogP contribution in [0.4, 0.5) is 73.2 Å². The lowest BCUT2D eigenvalue weighted by atomic mass is 10.0. The number of hydrogen-bond acceptors (Lipinski definition) is 31. The van der Waals surface area contributed by atoms with E-state index < -0.39 is 28.8 Å². The molecule has 4 amide bonds. The number of rotatable bonds is 16. The normalized spacial score (nSPS) is 18.2. The molecule has 47 heteroatoms. The van der Waals surface area contributed by atoms with Crippen LogP contribution >= 0.6 is 46.4 Å². The predicted molar refractivity (Wildman–Crippen MR) is 515 cm³/mol. The van der Waals surface area contributed by atoms with E-state index in [4.69, 9.17) is 69.3 Å². The van der Waals surface area contributed by atoms with E-state index in [9.17, 15) is 27.8 Å². The molecule has 6 fully saturated rings. The summed E-state index contributed by atoms with van der Waals surface area (Å²) in [7, 11) is -0.661. The monoisotopic (exact) mass is 1930 g/mol. The molecule has 702 valence electrons. The van der Waals surface area contributed by atoms with Gasteiger partial charge in [0.2, 0.25) is 0 Å². The van der Waals surface area contributed by atoms with Crippen LogP contribution in [0.3, 0.4) is 0 Å². The minimum Gasteiger partial charge on any atom is -0.381 e. The number of alkyl halides is 1. The highest BCUT2D eigenvalue weighted by molar-refractivity contribution is 7.85. The van der Waals surface area contributed by atoms with Crippen LogP contribution in [-0.4, -0.2) is 278 Å². The van der Waals surface area contributed by atoms with E-state index in [0.29, 0.717) is 103 Å². The molecule has 6 saturated heterocycles. The van der Waals surface area contributed by atoms with Gasteiger partial charge in [0.05, 0.1) is 134 Å². The molecule has 12 N–H and O–H groups in total. The molecule has 0 aliphatic carbocycles. The molecule has 0 bridgehead atoms. The van der Waals surface area contributed by atoms with Crippen LogP contribution < -0.4 is 63.8 Å². The topological polar surface area (TPSA) is 471 Å². The number of hydrogen-bond donors (Lipinski definition) is 8. The Bertz CT molecular complexity index is 6500. The molecule has 8 aliphatic rings. The molecule has 0 unspecified atom stereocenters. The standard InChI is InChI=1S/2C23H25ClN10O.C21H24ClFN8O.C21H25ClN8O2S/c24-15-11-28-22-20(21(25)30-34(22)13-15)23(35)29-17-12-26-4-1-18(17)31-6-2-16(3-7-31)33-10-9-32-8-5-27-19(32)14-33;24-15-9-28-22-20(21(25)30-34(22)12-15)23(35)29-18-11-26-4-1-19(18)31-5-2-16(3-6-31)32-7-8-33-14-27-10-17(33)13-32;22-13-9-26-20-18(19(24)28-31(20)11-13)21(32)27-16-10-25-5-1-17(16)29-7-3-15(4-8-29)30-6-2-14(23)12-30;22-14-11-25-20-18(19(23)27-30(20)13-14)21(31)26-16-12-24-4-1-17(16)29-5-2-15(3-6-29)28-7-9-33(32)10-8-28/h1,4-5,8,11-13,16H,2-3,6-7,9-10,14H2,(H2,25,30)(H,29,35);1,4,9-12,14,16H,2-3,5-8,13H2,(H2,25,30)(H,29,35);1,5,9-11,14-15H,2-4,6-8,12H2,(H2,24,28)(H,27,32);1,4,11-13,15H,2-3,5-10H2,(H2,23,27)(H,26,31)/t;;14-;/m..0./s1. The Kier molecular flexibility index (Phi) is 27.1. The van der Waals surface area contributed by atoms with Gasteiger partial charge < -0.3 is 72.9 Å². The van der Waals surface area contributed by atoms with Gasteiger partial charge in [0.25, 0.3) is 23.6 Å². The van der Waals surface area contributed by atoms with E-state index in [-0.39, 0.29) is 57.3 Å². The molecule has 0 spiro atoms. The number of imidazole rings is 2. The number of piperidine rings is 4. The first kappa shape index (κ1) is 91.0. The molecular weight excluding hydrogens is 1830 g/mol. The zero-order valence-electron chi connectivity index (χ0n) is 73.4. The molecule has 0 saturated carbocycles. The van der Waals surface area contributed by atoms with E-state index in [1.165, 1.54) is 48.5 Å². The summed E-state index contributed by atoms with van der Waals surface area (Å²) < 4.78 is 35.3. The average molecular weight is 1930 g/mol. The lowest BCUT2D eigenvalue weighted by Gasteiger charge is -2.41. The number of pyridine rings is 4. The second-order valence-corrected chi connectivity index (χ2v) is 37.7. The van der Waals surface area contributed by atoms with Gasteiger partial charge in [-0.15, -0.1) is 20.4 Å². The summed E-state index contributed by atoms with van der Waals surface area (Å²) in [6.07, 6.45) is 41.5. The van der Waals surface area contributed by atoms with Crippen molar-refractivity contribution in [1.82, 2.24) is 117 Å². The third-order valence-electron chi connectivity index (χ3n) is 26.2. The zero-order valence-corrected chi connectivity index (χ0v) is 77.3. The van der Waals surface area contributed by atoms with Crippen LogP contribution in [0.15, 0.2) is 148 Å². The quantitative estimate of drug-likeness (QED) is 0.0447. The molecule has 8 aliphatic heterocycles. The van der Waals surface area contributed by atoms with Crippen LogP contribution in [0.5, 0.6) is 0 Å². The Morgan fingerprint density at radius 3 is 1.04 bits per heavy atom. The van der Waals surface area contributed by atoms with Gasteiger partial charge in [-0.2, -0.15) is 0 Å². The summed E-state index contributed by atoms with van der Waals surface area (Å²) in [5.74, 6) is 1.42. The summed E-state index contributed by atoms with van der Waals surface area (Å²) in [4.78, 5) is 114. The number of nitrogens with one attached hydrogen (secondary N) is 4. The molecule has 41 nitrogen and oxygen atoms in total. The third kappa shape index (κ3) is 20.0. The third-order valence-corrected chi connectivity index (χ3v) is 28.2. The Balaban J connectivity index is 0.000000116. The van der Waals surface area contributed by atoms with Crippen molar-refractivity contribution < 1.29 is 27.8 Å². The molecule has 1 atom stereocenters. The van der Waals surface area contributed by atoms with Crippen LogP contribution in [0.25, 0.3) is 22.6 Å². The first-order valence-electron chi connectivity index (χ1n) is 44.7. The number of aromatic nitrogens is 20. The predicted octanol–water partition coefficient (Wildman–Crippen LogP) is 8.86. The maximum absolute atomic E-state index is 13.6. The van der Waals surface area contributed by atoms with Crippen molar-refractivity contribution in [3.63, 3.8) is 0 Å². The summed E-state index contributed by atoms with van der Waals surface area (Å²) in [5, 5.41) is 30.0. The summed E-state index contributed by atoms with van der Waals surface area (Å²) >= 11 is 23.9. The van der Waals surface area contributed by atoms with Gasteiger partial charge in [-0.1, -0.05) is 46.4 Å². The maximum atomic E-state index is 13.6. The number of carbonyl (C=O) groups excluding carboxylic acids is 4. The largest absolute Gasteiger partial charge is 0.381 e. The van der Waals surface area contributed by atoms with Gasteiger partial charge in [-0.25, -0.2) is 52.4 Å². The van der Waals surface area contributed by atoms with Crippen molar-refractivity contribution in [3.8, 4) is 0 Å². The lowest BCUT2D eigenvalue weighted by molar-refractivity contribution is 0.102. The number of nitrogen functional groups attached to an aromatic ring is 4. The minimum absolute atomic E-state index is 0.0697. The summed E-state index contributed by atoms with van der Waals surface area (Å²) in [5.41, 5.74) is 33.6. The lowest BCUT2D eigenvalue weighted by Crippen LogP contribution is -2.49. The number of halogens is 5. The van der Waals surface area contributed by atoms with E-state index in [0.717, 1.165) is 203 Å². The van der Waals surface area contributed by atoms with Crippen molar-refractivity contribution in [2.24, 2.45) is 0 Å². The molecule has 22 heterocycles. The van der Waals surface area contributed by atoms with Gasteiger partial charge in [0, 0.05) is 226 Å². The van der Waals surface area contributed by atoms with Crippen LogP contribution in [0, 0.1) is 0 Å². The van der Waals surface area contributed by atoms with Crippen molar-refractivity contribution in [2.45, 2.75) is 114 Å². The van der Waals surface area contributed by atoms with E-state index in [1.54, 1.807) is 74.4 Å². The second kappa shape index (κ2) is 40.2. The van der Waals surface area contributed by atoms with Gasteiger partial charge in [-0.3, -0.25) is 62.9 Å². The number of amides is 4. The Labute approximate surface area is 795 Å². The molecule has 14 aromatic rings. The van der Waals surface area contributed by atoms with Gasteiger partial charge in [0.15, 0.2) is 45.9 Å². The number of anilines is 12. The number of carbonyl (C=O) groups is 4. The average Bonchev–Trinajstić information content (AvgIpc) is 1.77. The number of fused-ring (bicyclic) bond motifs is 6. The highest BCUT2D eigenvalue weighted by atomic mass is 35.5. The fourth-order valence-corrected chi connectivity index (χ4v) is 21.0. The van der Waals surface area contributed by atoms with Crippen LogP contribution in [0.2, 0.25) is 20.1 Å². The van der Waals surface area contributed by atoms with Crippen molar-refractivity contribution >= 4 is 172 Å². The summed E-state index contributed by atoms with van der Waals surface area (Å²) in [6, 6.07) is 9.65. The molecule has 0 radical (unpaired) electrons. The first-order chi connectivity index (χ1) is 65.6. The Morgan fingerprint density at radius 2 is 0.696 bits per heavy atom. The summed E-state index contributed by atoms with van der Waals surface area (Å²) in [6.45, 7) is 16.1. The van der Waals surface area contributed by atoms with Gasteiger partial charge in [-0.05, 0) is 82.1 Å². The molecule has 135 heavy (non-hydrogen) atoms. The molecular formula is C88H99Cl4FN36O5S. The molecule has 22 rings (SSSR count). The van der Waals surface area contributed by atoms with E-state index >= 15 is 0 Å². The highest BCUT2D eigenvalue weighted by Crippen LogP contribution is 2.38. The van der Waals surface area contributed by atoms with Gasteiger partial charge >= 0.3 is 0 Å². The molecule has 14 aromatic heterocycles. The Morgan fingerprint density at radius 1 is 0.363 bits per heavy atom. The van der Waals surface area contributed by atoms with Crippen LogP contribution in [-0.2, 0) is 37.0 Å². The highest BCUT2D eigenvalue weighted by Gasteiger charge is 2.37. The minimum atomic E-state index is -0.701. The van der Waals surface area contributed by atoms with E-state index in [1.807, 2.05) is 43.0 Å². The second-order valence-electron chi connectivity index (χ2n) is 34.3.